The number of anilines is 1. The number of carboxylic acids is 1. The highest BCUT2D eigenvalue weighted by Crippen LogP contribution is 2.18. The van der Waals surface area contributed by atoms with E-state index >= 15 is 0 Å². The fourth-order valence-corrected chi connectivity index (χ4v) is 3.66. The number of pyridine rings is 1. The summed E-state index contributed by atoms with van der Waals surface area (Å²) in [4.78, 5) is 34.2. The van der Waals surface area contributed by atoms with Crippen LogP contribution in [0, 0.1) is 0 Å². The van der Waals surface area contributed by atoms with Crippen LogP contribution in [0.4, 0.5) is 5.82 Å². The zero-order valence-electron chi connectivity index (χ0n) is 14.5. The Bertz CT molecular complexity index is 587. The lowest BCUT2D eigenvalue weighted by Crippen LogP contribution is -2.50. The zero-order valence-corrected chi connectivity index (χ0v) is 14.5. The van der Waals surface area contributed by atoms with E-state index in [4.69, 9.17) is 0 Å². The molecular weight excluding hydrogens is 320 g/mol. The summed E-state index contributed by atoms with van der Waals surface area (Å²) < 4.78 is 0. The summed E-state index contributed by atoms with van der Waals surface area (Å²) in [6.45, 7) is 4.26. The molecule has 0 bridgehead atoms. The number of piperidine rings is 1. The van der Waals surface area contributed by atoms with Gasteiger partial charge in [0.05, 0.1) is 0 Å². The third kappa shape index (κ3) is 4.48. The summed E-state index contributed by atoms with van der Waals surface area (Å²) in [6.07, 6.45) is 4.83. The van der Waals surface area contributed by atoms with Gasteiger partial charge in [-0.1, -0.05) is 12.5 Å². The first-order valence-electron chi connectivity index (χ1n) is 9.06. The van der Waals surface area contributed by atoms with Crippen molar-refractivity contribution in [3.63, 3.8) is 0 Å². The minimum atomic E-state index is -0.767. The average Bonchev–Trinajstić information content (AvgIpc) is 2.67. The molecule has 7 heteroatoms. The predicted molar refractivity (Wildman–Crippen MR) is 94.5 cm³/mol. The summed E-state index contributed by atoms with van der Waals surface area (Å²) >= 11 is 0. The Balaban J connectivity index is 1.46. The summed E-state index contributed by atoms with van der Waals surface area (Å²) in [5.41, 5.74) is 0. The van der Waals surface area contributed by atoms with Crippen molar-refractivity contribution < 1.29 is 14.7 Å². The molecule has 0 spiro atoms. The van der Waals surface area contributed by atoms with Crippen LogP contribution in [0.1, 0.15) is 25.7 Å². The van der Waals surface area contributed by atoms with Gasteiger partial charge in [0.25, 0.3) is 0 Å². The lowest BCUT2D eigenvalue weighted by atomic mass is 10.0. The number of carboxylic acid groups (broad SMARTS) is 1. The van der Waals surface area contributed by atoms with Crippen molar-refractivity contribution in [1.29, 1.82) is 0 Å². The molecular formula is C18H26N4O3. The number of carbonyl (C=O) groups excluding carboxylic acids is 1. The third-order valence-electron chi connectivity index (χ3n) is 5.12. The van der Waals surface area contributed by atoms with E-state index in [0.717, 1.165) is 38.3 Å². The topological polar surface area (TPSA) is 77.0 Å². The first kappa shape index (κ1) is 17.7. The molecule has 1 unspecified atom stereocenters. The molecule has 1 aromatic rings. The van der Waals surface area contributed by atoms with Gasteiger partial charge in [-0.2, -0.15) is 0 Å². The van der Waals surface area contributed by atoms with Gasteiger partial charge in [0, 0.05) is 45.3 Å². The lowest BCUT2D eigenvalue weighted by Gasteiger charge is -2.36. The highest BCUT2D eigenvalue weighted by atomic mass is 16.4. The Labute approximate surface area is 148 Å². The van der Waals surface area contributed by atoms with Gasteiger partial charge in [-0.15, -0.1) is 0 Å². The molecule has 1 N–H and O–H groups in total. The number of aliphatic carboxylic acids is 1. The van der Waals surface area contributed by atoms with Crippen molar-refractivity contribution in [3.8, 4) is 0 Å². The Morgan fingerprint density at radius 3 is 2.60 bits per heavy atom. The van der Waals surface area contributed by atoms with Crippen molar-refractivity contribution in [2.75, 3.05) is 44.2 Å². The van der Waals surface area contributed by atoms with Crippen molar-refractivity contribution in [2.45, 2.75) is 31.7 Å². The van der Waals surface area contributed by atoms with Crippen LogP contribution < -0.4 is 4.90 Å². The van der Waals surface area contributed by atoms with Gasteiger partial charge in [-0.3, -0.25) is 14.5 Å². The summed E-state index contributed by atoms with van der Waals surface area (Å²) in [7, 11) is 0. The molecule has 7 nitrogen and oxygen atoms in total. The van der Waals surface area contributed by atoms with Gasteiger partial charge in [0.1, 0.15) is 11.9 Å². The van der Waals surface area contributed by atoms with Gasteiger partial charge < -0.3 is 14.9 Å². The summed E-state index contributed by atoms with van der Waals surface area (Å²) in [5.74, 6) is 0.304. The van der Waals surface area contributed by atoms with Crippen LogP contribution in [-0.4, -0.2) is 77.1 Å². The Morgan fingerprint density at radius 2 is 1.92 bits per heavy atom. The van der Waals surface area contributed by atoms with Gasteiger partial charge >= 0.3 is 5.97 Å². The standard InChI is InChI=1S/C18H26N4O3/c23-17(7-10-20-9-4-2-5-15(20)18(24)25)22-13-11-21(12-14-22)16-6-1-3-8-19-16/h1,3,6,8,15H,2,4-5,7,9-14H2,(H,24,25). The van der Waals surface area contributed by atoms with E-state index in [0.29, 0.717) is 32.5 Å². The SMILES string of the molecule is O=C(O)C1CCCCN1CCC(=O)N1CCN(c2ccccn2)CC1. The molecule has 2 fully saturated rings. The highest BCUT2D eigenvalue weighted by Gasteiger charge is 2.29. The van der Waals surface area contributed by atoms with Gasteiger partial charge in [-0.05, 0) is 31.5 Å². The number of hydrogen-bond acceptors (Lipinski definition) is 5. The van der Waals surface area contributed by atoms with E-state index in [2.05, 4.69) is 9.88 Å². The van der Waals surface area contributed by atoms with Crippen LogP contribution in [0.3, 0.4) is 0 Å². The van der Waals surface area contributed by atoms with E-state index in [1.165, 1.54) is 0 Å². The molecule has 3 heterocycles. The lowest BCUT2D eigenvalue weighted by molar-refractivity contribution is -0.145. The van der Waals surface area contributed by atoms with E-state index in [-0.39, 0.29) is 5.91 Å². The van der Waals surface area contributed by atoms with Crippen LogP contribution in [0.15, 0.2) is 24.4 Å². The van der Waals surface area contributed by atoms with Crippen LogP contribution in [-0.2, 0) is 9.59 Å². The van der Waals surface area contributed by atoms with Crippen molar-refractivity contribution >= 4 is 17.7 Å². The molecule has 0 radical (unpaired) electrons. The number of aromatic nitrogens is 1. The second-order valence-corrected chi connectivity index (χ2v) is 6.69. The molecule has 136 valence electrons. The molecule has 1 atom stereocenters. The van der Waals surface area contributed by atoms with E-state index < -0.39 is 12.0 Å². The number of nitrogens with zero attached hydrogens (tertiary/aromatic N) is 4. The molecule has 3 rings (SSSR count). The van der Waals surface area contributed by atoms with Gasteiger partial charge in [0.2, 0.25) is 5.91 Å². The van der Waals surface area contributed by atoms with E-state index in [9.17, 15) is 14.7 Å². The molecule has 1 amide bonds. The largest absolute Gasteiger partial charge is 0.480 e. The zero-order chi connectivity index (χ0) is 17.6. The number of piperazine rings is 1. The molecule has 2 aliphatic rings. The molecule has 2 aliphatic heterocycles. The third-order valence-corrected chi connectivity index (χ3v) is 5.12. The molecule has 1 aromatic heterocycles. The normalized spacial score (nSPS) is 22.0. The smallest absolute Gasteiger partial charge is 0.320 e. The minimum Gasteiger partial charge on any atom is -0.480 e. The molecule has 2 saturated heterocycles. The first-order valence-corrected chi connectivity index (χ1v) is 9.06. The number of likely N-dealkylation sites (tertiary alicyclic amines) is 1. The molecule has 25 heavy (non-hydrogen) atoms. The summed E-state index contributed by atoms with van der Waals surface area (Å²) in [6, 6.07) is 5.42. The van der Waals surface area contributed by atoms with Crippen LogP contribution in [0.5, 0.6) is 0 Å². The number of carbonyl (C=O) groups is 2. The van der Waals surface area contributed by atoms with Gasteiger partial charge in [-0.25, -0.2) is 4.98 Å². The fraction of sp³-hybridized carbons (Fsp3) is 0.611. The van der Waals surface area contributed by atoms with Crippen LogP contribution >= 0.6 is 0 Å². The van der Waals surface area contributed by atoms with E-state index in [1.807, 2.05) is 28.0 Å². The molecule has 0 aliphatic carbocycles. The Hall–Kier alpha value is -2.15. The summed E-state index contributed by atoms with van der Waals surface area (Å²) in [5, 5.41) is 9.31. The molecule has 0 aromatic carbocycles. The van der Waals surface area contributed by atoms with Crippen molar-refractivity contribution in [3.05, 3.63) is 24.4 Å². The minimum absolute atomic E-state index is 0.121. The van der Waals surface area contributed by atoms with Crippen LogP contribution in [0.25, 0.3) is 0 Å². The number of amides is 1. The maximum Gasteiger partial charge on any atom is 0.320 e. The molecule has 0 saturated carbocycles. The number of hydrogen-bond donors (Lipinski definition) is 1. The van der Waals surface area contributed by atoms with Crippen molar-refractivity contribution in [2.24, 2.45) is 0 Å². The maximum absolute atomic E-state index is 12.5. The Kier molecular flexibility index (Phi) is 5.86. The second-order valence-electron chi connectivity index (χ2n) is 6.69. The Morgan fingerprint density at radius 1 is 1.12 bits per heavy atom. The highest BCUT2D eigenvalue weighted by molar-refractivity contribution is 5.77. The van der Waals surface area contributed by atoms with Crippen LogP contribution in [0.2, 0.25) is 0 Å². The van der Waals surface area contributed by atoms with Crippen molar-refractivity contribution in [1.82, 2.24) is 14.8 Å². The second kappa shape index (κ2) is 8.29. The average molecular weight is 346 g/mol. The monoisotopic (exact) mass is 346 g/mol. The number of rotatable bonds is 5. The predicted octanol–water partition coefficient (Wildman–Crippen LogP) is 1.06. The van der Waals surface area contributed by atoms with Gasteiger partial charge in [0.15, 0.2) is 0 Å². The maximum atomic E-state index is 12.5. The first-order chi connectivity index (χ1) is 12.1. The quantitative estimate of drug-likeness (QED) is 0.859. The van der Waals surface area contributed by atoms with E-state index in [1.54, 1.807) is 6.20 Å². The fourth-order valence-electron chi connectivity index (χ4n) is 3.66.